The van der Waals surface area contributed by atoms with Crippen LogP contribution in [0, 0.1) is 13.8 Å². The van der Waals surface area contributed by atoms with Crippen molar-refractivity contribution in [3.63, 3.8) is 0 Å². The first kappa shape index (κ1) is 13.6. The van der Waals surface area contributed by atoms with Crippen LogP contribution in [-0.4, -0.2) is 26.4 Å². The van der Waals surface area contributed by atoms with Crippen LogP contribution in [0.25, 0.3) is 5.69 Å². The number of hydrogen-bond acceptors (Lipinski definition) is 4. The second-order valence-corrected chi connectivity index (χ2v) is 5.19. The van der Waals surface area contributed by atoms with Gasteiger partial charge in [-0.3, -0.25) is 14.6 Å². The van der Waals surface area contributed by atoms with Crippen molar-refractivity contribution in [1.82, 2.24) is 15.0 Å². The molecule has 0 aliphatic carbocycles. The van der Waals surface area contributed by atoms with Gasteiger partial charge in [0.25, 0.3) is 5.91 Å². The van der Waals surface area contributed by atoms with E-state index in [0.29, 0.717) is 5.16 Å². The lowest BCUT2D eigenvalue weighted by Crippen LogP contribution is -2.20. The second kappa shape index (κ2) is 5.90. The smallest absolute Gasteiger partial charge is 0.253 e. The van der Waals surface area contributed by atoms with Crippen LogP contribution in [0.1, 0.15) is 11.1 Å². The number of aryl methyl sites for hydroxylation is 2. The molecule has 1 amide bonds. The Morgan fingerprint density at radius 3 is 2.68 bits per heavy atom. The molecule has 0 saturated carbocycles. The average molecular weight is 277 g/mol. The number of benzene rings is 1. The zero-order valence-corrected chi connectivity index (χ0v) is 11.6. The number of imidazole rings is 1. The Labute approximate surface area is 115 Å². The fourth-order valence-electron chi connectivity index (χ4n) is 1.85. The molecule has 100 valence electrons. The Kier molecular flexibility index (Phi) is 4.24. The minimum Gasteiger partial charge on any atom is -0.295 e. The molecule has 0 aliphatic rings. The van der Waals surface area contributed by atoms with E-state index in [1.54, 1.807) is 11.7 Å². The molecule has 2 N–H and O–H groups in total. The van der Waals surface area contributed by atoms with Crippen molar-refractivity contribution in [1.29, 1.82) is 0 Å². The molecule has 19 heavy (non-hydrogen) atoms. The number of nitrogens with one attached hydrogen (secondary N) is 1. The lowest BCUT2D eigenvalue weighted by atomic mass is 10.1. The number of amides is 1. The molecule has 1 aromatic carbocycles. The first-order valence-electron chi connectivity index (χ1n) is 5.78. The van der Waals surface area contributed by atoms with E-state index in [4.69, 9.17) is 5.21 Å². The molecule has 0 saturated heterocycles. The molecule has 0 aliphatic heterocycles. The van der Waals surface area contributed by atoms with Crippen LogP contribution >= 0.6 is 11.8 Å². The third kappa shape index (κ3) is 3.36. The number of carbonyl (C=O) groups excluding carboxylic acids is 1. The van der Waals surface area contributed by atoms with Crippen LogP contribution in [-0.2, 0) is 4.79 Å². The van der Waals surface area contributed by atoms with Crippen molar-refractivity contribution in [3.8, 4) is 5.69 Å². The summed E-state index contributed by atoms with van der Waals surface area (Å²) in [6.45, 7) is 4.08. The van der Waals surface area contributed by atoms with Crippen molar-refractivity contribution < 1.29 is 10.0 Å². The van der Waals surface area contributed by atoms with Crippen LogP contribution in [0.15, 0.2) is 35.7 Å². The van der Waals surface area contributed by atoms with Gasteiger partial charge in [0.15, 0.2) is 5.16 Å². The summed E-state index contributed by atoms with van der Waals surface area (Å²) < 4.78 is 1.93. The summed E-state index contributed by atoms with van der Waals surface area (Å²) in [5.74, 6) is -0.321. The first-order valence-corrected chi connectivity index (χ1v) is 6.76. The van der Waals surface area contributed by atoms with Gasteiger partial charge in [0.2, 0.25) is 0 Å². The SMILES string of the molecule is Cc1cc(C)cc(-n2ccnc2SCC(=O)NO)c1. The topological polar surface area (TPSA) is 67.2 Å². The molecule has 0 unspecified atom stereocenters. The van der Waals surface area contributed by atoms with Gasteiger partial charge in [-0.15, -0.1) is 0 Å². The molecular formula is C13H15N3O2S. The van der Waals surface area contributed by atoms with Crippen LogP contribution in [0.2, 0.25) is 0 Å². The molecule has 1 aromatic heterocycles. The maximum Gasteiger partial charge on any atom is 0.253 e. The summed E-state index contributed by atoms with van der Waals surface area (Å²) >= 11 is 1.27. The minimum atomic E-state index is -0.444. The predicted octanol–water partition coefficient (Wildman–Crippen LogP) is 2.09. The van der Waals surface area contributed by atoms with Crippen LogP contribution in [0.4, 0.5) is 0 Å². The van der Waals surface area contributed by atoms with Gasteiger partial charge in [-0.05, 0) is 37.1 Å². The van der Waals surface area contributed by atoms with Gasteiger partial charge in [0, 0.05) is 18.1 Å². The Hall–Kier alpha value is -1.79. The molecule has 5 nitrogen and oxygen atoms in total. The van der Waals surface area contributed by atoms with Crippen LogP contribution in [0.3, 0.4) is 0 Å². The molecule has 1 heterocycles. The minimum absolute atomic E-state index is 0.123. The number of aromatic nitrogens is 2. The van der Waals surface area contributed by atoms with E-state index >= 15 is 0 Å². The molecule has 6 heteroatoms. The number of nitrogens with zero attached hydrogens (tertiary/aromatic N) is 2. The number of rotatable bonds is 4. The maximum atomic E-state index is 11.0. The quantitative estimate of drug-likeness (QED) is 0.510. The standard InChI is InChI=1S/C13H15N3O2S/c1-9-5-10(2)7-11(6-9)16-4-3-14-13(16)19-8-12(17)15-18/h3-7,18H,8H2,1-2H3,(H,15,17). The Balaban J connectivity index is 2.25. The van der Waals surface area contributed by atoms with E-state index < -0.39 is 5.91 Å². The largest absolute Gasteiger partial charge is 0.295 e. The normalized spacial score (nSPS) is 10.5. The van der Waals surface area contributed by atoms with Crippen molar-refractivity contribution in [2.75, 3.05) is 5.75 Å². The average Bonchev–Trinajstić information content (AvgIpc) is 2.83. The zero-order valence-electron chi connectivity index (χ0n) is 10.8. The van der Waals surface area contributed by atoms with Crippen molar-refractivity contribution in [2.45, 2.75) is 19.0 Å². The summed E-state index contributed by atoms with van der Waals surface area (Å²) in [6.07, 6.45) is 3.55. The lowest BCUT2D eigenvalue weighted by Gasteiger charge is -2.09. The van der Waals surface area contributed by atoms with Crippen LogP contribution in [0.5, 0.6) is 0 Å². The zero-order chi connectivity index (χ0) is 13.8. The van der Waals surface area contributed by atoms with Gasteiger partial charge in [0.05, 0.1) is 5.75 Å². The van der Waals surface area contributed by atoms with E-state index in [9.17, 15) is 4.79 Å². The Morgan fingerprint density at radius 1 is 1.37 bits per heavy atom. The highest BCUT2D eigenvalue weighted by atomic mass is 32.2. The molecule has 0 radical (unpaired) electrons. The van der Waals surface area contributed by atoms with E-state index in [1.807, 2.05) is 24.6 Å². The van der Waals surface area contributed by atoms with Crippen LogP contribution < -0.4 is 5.48 Å². The summed E-state index contributed by atoms with van der Waals surface area (Å²) in [7, 11) is 0. The van der Waals surface area contributed by atoms with E-state index in [1.165, 1.54) is 22.9 Å². The number of hydroxylamine groups is 1. The molecule has 0 atom stereocenters. The van der Waals surface area contributed by atoms with Gasteiger partial charge < -0.3 is 0 Å². The molecule has 2 rings (SSSR count). The van der Waals surface area contributed by atoms with Gasteiger partial charge in [-0.25, -0.2) is 10.5 Å². The van der Waals surface area contributed by atoms with Gasteiger partial charge in [0.1, 0.15) is 0 Å². The summed E-state index contributed by atoms with van der Waals surface area (Å²) in [5.41, 5.74) is 4.97. The predicted molar refractivity (Wildman–Crippen MR) is 73.7 cm³/mol. The highest BCUT2D eigenvalue weighted by molar-refractivity contribution is 7.99. The Bertz CT molecular complexity index is 575. The molecule has 0 bridgehead atoms. The van der Waals surface area contributed by atoms with Gasteiger partial charge >= 0.3 is 0 Å². The van der Waals surface area contributed by atoms with Gasteiger partial charge in [-0.1, -0.05) is 17.8 Å². The first-order chi connectivity index (χ1) is 9.10. The second-order valence-electron chi connectivity index (χ2n) is 4.25. The van der Waals surface area contributed by atoms with E-state index in [0.717, 1.165) is 5.69 Å². The Morgan fingerprint density at radius 2 is 2.05 bits per heavy atom. The van der Waals surface area contributed by atoms with Crippen molar-refractivity contribution >= 4 is 17.7 Å². The van der Waals surface area contributed by atoms with E-state index in [2.05, 4.69) is 23.2 Å². The third-order valence-electron chi connectivity index (χ3n) is 2.55. The molecule has 0 spiro atoms. The third-order valence-corrected chi connectivity index (χ3v) is 3.52. The fraction of sp³-hybridized carbons (Fsp3) is 0.231. The highest BCUT2D eigenvalue weighted by Crippen LogP contribution is 2.21. The summed E-state index contributed by atoms with van der Waals surface area (Å²) in [4.78, 5) is 15.3. The monoisotopic (exact) mass is 277 g/mol. The van der Waals surface area contributed by atoms with Crippen molar-refractivity contribution in [3.05, 3.63) is 41.7 Å². The molecule has 2 aromatic rings. The molecular weight excluding hydrogens is 262 g/mol. The number of hydrogen-bond donors (Lipinski definition) is 2. The van der Waals surface area contributed by atoms with E-state index in [-0.39, 0.29) is 5.75 Å². The highest BCUT2D eigenvalue weighted by Gasteiger charge is 2.09. The number of thioether (sulfide) groups is 1. The number of carbonyl (C=O) groups is 1. The van der Waals surface area contributed by atoms with Crippen molar-refractivity contribution in [2.24, 2.45) is 0 Å². The fourth-order valence-corrected chi connectivity index (χ4v) is 2.61. The lowest BCUT2D eigenvalue weighted by molar-refractivity contribution is -0.126. The summed E-state index contributed by atoms with van der Waals surface area (Å²) in [5, 5.41) is 9.20. The molecule has 0 fully saturated rings. The summed E-state index contributed by atoms with van der Waals surface area (Å²) in [6, 6.07) is 6.22. The maximum absolute atomic E-state index is 11.0. The van der Waals surface area contributed by atoms with Gasteiger partial charge in [-0.2, -0.15) is 0 Å².